The monoisotopic (exact) mass is 588 g/mol. The smallest absolute Gasteiger partial charge is 0.244 e. The van der Waals surface area contributed by atoms with E-state index in [4.69, 9.17) is 0 Å². The third-order valence-electron chi connectivity index (χ3n) is 8.51. The second-order valence-corrected chi connectivity index (χ2v) is 15.2. The van der Waals surface area contributed by atoms with Gasteiger partial charge in [0.25, 0.3) is 0 Å². The van der Waals surface area contributed by atoms with Crippen LogP contribution in [0.3, 0.4) is 0 Å². The molecule has 3 aromatic rings. The molecule has 2 aliphatic heterocycles. The summed E-state index contributed by atoms with van der Waals surface area (Å²) in [5.41, 5.74) is 3.17. The first-order valence-corrected chi connectivity index (χ1v) is 16.4. The van der Waals surface area contributed by atoms with Crippen LogP contribution in [0.2, 0.25) is 0 Å². The number of nitrogens with zero attached hydrogens (tertiary/aromatic N) is 2. The number of fused-ring (bicyclic) bond motifs is 2. The maximum Gasteiger partial charge on any atom is 0.244 e. The molecule has 2 aliphatic rings. The summed E-state index contributed by atoms with van der Waals surface area (Å²) in [6.45, 7) is 10.5. The topological polar surface area (TPSA) is 95.0 Å². The van der Waals surface area contributed by atoms with Crippen LogP contribution in [0.4, 0.5) is 11.4 Å². The van der Waals surface area contributed by atoms with Gasteiger partial charge in [-0.2, -0.15) is 0 Å². The van der Waals surface area contributed by atoms with Crippen molar-refractivity contribution in [1.82, 2.24) is 4.90 Å². The molecule has 1 fully saturated rings. The summed E-state index contributed by atoms with van der Waals surface area (Å²) in [5.74, 6) is 0.0917. The molecule has 2 heterocycles. The first kappa shape index (κ1) is 30.0. The molecule has 1 saturated heterocycles. The van der Waals surface area contributed by atoms with Crippen LogP contribution < -0.4 is 4.90 Å². The number of likely N-dealkylation sites (tertiary alicyclic amines) is 1. The maximum absolute atomic E-state index is 14.8. The first-order chi connectivity index (χ1) is 19.7. The van der Waals surface area contributed by atoms with E-state index in [1.807, 2.05) is 53.4 Å². The first-order valence-electron chi connectivity index (χ1n) is 14.5. The highest BCUT2D eigenvalue weighted by atomic mass is 32.2. The summed E-state index contributed by atoms with van der Waals surface area (Å²) in [6.07, 6.45) is 2.10. The Morgan fingerprint density at radius 1 is 1.02 bits per heavy atom. The van der Waals surface area contributed by atoms with Gasteiger partial charge in [0.1, 0.15) is 0 Å². The lowest BCUT2D eigenvalue weighted by atomic mass is 9.71. The molecule has 0 radical (unpaired) electrons. The Bertz CT molecular complexity index is 1660. The van der Waals surface area contributed by atoms with Gasteiger partial charge in [-0.05, 0) is 64.3 Å². The maximum atomic E-state index is 14.8. The Kier molecular flexibility index (Phi) is 7.60. The number of hydrogen-bond acceptors (Lipinski definition) is 5. The normalized spacial score (nSPS) is 20.6. The number of hydrogen-bond donors (Lipinski definition) is 1. The molecule has 222 valence electrons. The number of carbonyl (C=O) groups excluding carboxylic acids is 2. The minimum absolute atomic E-state index is 0.0435. The van der Waals surface area contributed by atoms with Crippen LogP contribution in [0.25, 0.3) is 11.1 Å². The second-order valence-electron chi connectivity index (χ2n) is 13.2. The molecule has 5 rings (SSSR count). The fourth-order valence-corrected chi connectivity index (χ4v) is 7.85. The van der Waals surface area contributed by atoms with Crippen molar-refractivity contribution < 1.29 is 23.1 Å². The molecule has 1 N–H and O–H groups in total. The molecule has 2 atom stereocenters. The minimum Gasteiger partial charge on any atom is -0.392 e. The standard InChI is InChI=1S/C34H40N2O5S/c1-22(2)31-34(16-17-35(31)30(38)20-33(3,4)5)27-12-7-8-13-28(27)36(32(34)39)26-11-9-10-23(18-26)24-14-15-25(21-37)29(19-24)42(6,40)41/h7-15,18-19,22,31,37H,16-17,20-21H2,1-6H3. The van der Waals surface area contributed by atoms with Crippen molar-refractivity contribution in [3.63, 3.8) is 0 Å². The Hall–Kier alpha value is -3.49. The molecular weight excluding hydrogens is 548 g/mol. The van der Waals surface area contributed by atoms with Crippen molar-refractivity contribution in [3.8, 4) is 11.1 Å². The zero-order valence-corrected chi connectivity index (χ0v) is 26.0. The number of para-hydroxylation sites is 1. The lowest BCUT2D eigenvalue weighted by molar-refractivity contribution is -0.136. The fourth-order valence-electron chi connectivity index (χ4n) is 6.90. The van der Waals surface area contributed by atoms with E-state index in [0.29, 0.717) is 36.2 Å². The van der Waals surface area contributed by atoms with Crippen LogP contribution in [0.5, 0.6) is 0 Å². The van der Waals surface area contributed by atoms with Crippen molar-refractivity contribution >= 4 is 33.0 Å². The molecule has 0 bridgehead atoms. The number of amides is 2. The minimum atomic E-state index is -3.56. The van der Waals surface area contributed by atoms with Crippen LogP contribution in [0.15, 0.2) is 71.6 Å². The van der Waals surface area contributed by atoms with Crippen molar-refractivity contribution in [1.29, 1.82) is 0 Å². The van der Waals surface area contributed by atoms with Crippen molar-refractivity contribution in [2.45, 2.75) is 70.4 Å². The van der Waals surface area contributed by atoms with E-state index < -0.39 is 15.3 Å². The van der Waals surface area contributed by atoms with Gasteiger partial charge < -0.3 is 10.0 Å². The summed E-state index contributed by atoms with van der Waals surface area (Å²) in [6, 6.07) is 20.1. The lowest BCUT2D eigenvalue weighted by Gasteiger charge is -2.38. The number of benzene rings is 3. The van der Waals surface area contributed by atoms with E-state index in [0.717, 1.165) is 23.1 Å². The lowest BCUT2D eigenvalue weighted by Crippen LogP contribution is -2.53. The van der Waals surface area contributed by atoms with E-state index in [1.165, 1.54) is 0 Å². The fraction of sp³-hybridized carbons (Fsp3) is 0.412. The van der Waals surface area contributed by atoms with E-state index >= 15 is 0 Å². The van der Waals surface area contributed by atoms with E-state index in [-0.39, 0.29) is 40.7 Å². The molecule has 0 saturated carbocycles. The third kappa shape index (κ3) is 5.05. The van der Waals surface area contributed by atoms with Gasteiger partial charge in [-0.15, -0.1) is 0 Å². The zero-order chi connectivity index (χ0) is 30.6. The summed E-state index contributed by atoms with van der Waals surface area (Å²) in [5, 5.41) is 9.69. The molecule has 42 heavy (non-hydrogen) atoms. The second kappa shape index (κ2) is 10.7. The van der Waals surface area contributed by atoms with Crippen LogP contribution in [-0.2, 0) is 31.4 Å². The van der Waals surface area contributed by atoms with Gasteiger partial charge in [-0.1, -0.05) is 77.1 Å². The largest absolute Gasteiger partial charge is 0.392 e. The summed E-state index contributed by atoms with van der Waals surface area (Å²) in [7, 11) is -3.56. The molecule has 2 unspecified atom stereocenters. The van der Waals surface area contributed by atoms with Gasteiger partial charge in [0.2, 0.25) is 11.8 Å². The molecule has 7 nitrogen and oxygen atoms in total. The van der Waals surface area contributed by atoms with Crippen LogP contribution >= 0.6 is 0 Å². The number of anilines is 2. The van der Waals surface area contributed by atoms with Crippen molar-refractivity contribution in [2.24, 2.45) is 11.3 Å². The predicted molar refractivity (Wildman–Crippen MR) is 165 cm³/mol. The van der Waals surface area contributed by atoms with Gasteiger partial charge in [0, 0.05) is 24.9 Å². The van der Waals surface area contributed by atoms with Gasteiger partial charge in [-0.25, -0.2) is 8.42 Å². The molecule has 8 heteroatoms. The summed E-state index contributed by atoms with van der Waals surface area (Å²) >= 11 is 0. The number of carbonyl (C=O) groups is 2. The average Bonchev–Trinajstić information content (AvgIpc) is 3.44. The quantitative estimate of drug-likeness (QED) is 0.389. The molecule has 2 amide bonds. The number of aliphatic hydroxyl groups excluding tert-OH is 1. The Labute approximate surface area is 249 Å². The Morgan fingerprint density at radius 3 is 2.36 bits per heavy atom. The van der Waals surface area contributed by atoms with Gasteiger partial charge in [0.05, 0.1) is 28.6 Å². The number of aliphatic hydroxyl groups is 1. The highest BCUT2D eigenvalue weighted by Crippen LogP contribution is 2.55. The zero-order valence-electron chi connectivity index (χ0n) is 25.2. The van der Waals surface area contributed by atoms with Gasteiger partial charge in [0.15, 0.2) is 9.84 Å². The summed E-state index contributed by atoms with van der Waals surface area (Å²) in [4.78, 5) is 32.1. The van der Waals surface area contributed by atoms with Crippen LogP contribution in [0, 0.1) is 11.3 Å². The molecule has 0 aliphatic carbocycles. The van der Waals surface area contributed by atoms with E-state index in [1.54, 1.807) is 23.1 Å². The molecule has 0 aromatic heterocycles. The van der Waals surface area contributed by atoms with Gasteiger partial charge >= 0.3 is 0 Å². The van der Waals surface area contributed by atoms with Gasteiger partial charge in [-0.3, -0.25) is 14.5 Å². The molecule has 3 aromatic carbocycles. The molecule has 1 spiro atoms. The van der Waals surface area contributed by atoms with E-state index in [2.05, 4.69) is 34.6 Å². The number of rotatable bonds is 6. The summed E-state index contributed by atoms with van der Waals surface area (Å²) < 4.78 is 24.9. The average molecular weight is 589 g/mol. The Morgan fingerprint density at radius 2 is 1.71 bits per heavy atom. The Balaban J connectivity index is 1.60. The van der Waals surface area contributed by atoms with Crippen LogP contribution in [0.1, 0.15) is 58.6 Å². The highest BCUT2D eigenvalue weighted by molar-refractivity contribution is 7.90. The number of sulfone groups is 1. The van der Waals surface area contributed by atoms with E-state index in [9.17, 15) is 23.1 Å². The predicted octanol–water partition coefficient (Wildman–Crippen LogP) is 5.86. The van der Waals surface area contributed by atoms with Crippen molar-refractivity contribution in [2.75, 3.05) is 17.7 Å². The highest BCUT2D eigenvalue weighted by Gasteiger charge is 2.62. The van der Waals surface area contributed by atoms with Crippen molar-refractivity contribution in [3.05, 3.63) is 77.9 Å². The van der Waals surface area contributed by atoms with Crippen LogP contribution in [-0.4, -0.2) is 49.1 Å². The third-order valence-corrected chi connectivity index (χ3v) is 9.69. The SMILES string of the molecule is CC(C)C1N(C(=O)CC(C)(C)C)CCC12C(=O)N(c1cccc(-c3ccc(CO)c(S(C)(=O)=O)c3)c1)c1ccccc12. The molecular formula is C34H40N2O5S.